The Kier molecular flexibility index (Phi) is 2.96. The number of hydrogen-bond donors (Lipinski definition) is 0. The molecular weight excluding hydrogens is 318 g/mol. The summed E-state index contributed by atoms with van der Waals surface area (Å²) in [5.41, 5.74) is 1.66. The van der Waals surface area contributed by atoms with Gasteiger partial charge in [-0.05, 0) is 111 Å². The Bertz CT molecular complexity index is 757. The van der Waals surface area contributed by atoms with Gasteiger partial charge in [0.25, 0.3) is 0 Å². The Morgan fingerprint density at radius 1 is 1.12 bits per heavy atom. The summed E-state index contributed by atoms with van der Waals surface area (Å²) >= 11 is 0. The quantitative estimate of drug-likeness (QED) is 0.657. The van der Waals surface area contributed by atoms with Gasteiger partial charge in [0.1, 0.15) is 0 Å². The first-order valence-electron chi connectivity index (χ1n) is 11.1. The van der Waals surface area contributed by atoms with Crippen LogP contribution in [0.3, 0.4) is 0 Å². The number of nitriles is 1. The summed E-state index contributed by atoms with van der Waals surface area (Å²) in [7, 11) is 0. The highest BCUT2D eigenvalue weighted by Gasteiger charge is 2.75. The Labute approximate surface area is 157 Å². The fraction of sp³-hybridized carbons (Fsp3) is 0.833. The average molecular weight is 350 g/mol. The summed E-state index contributed by atoms with van der Waals surface area (Å²) in [6, 6.07) is 2.83. The molecule has 0 radical (unpaired) electrons. The summed E-state index contributed by atoms with van der Waals surface area (Å²) in [5, 5.41) is 10.1. The highest BCUT2D eigenvalue weighted by atomic mass is 16.1. The molecule has 0 aromatic heterocycles. The molecule has 5 fully saturated rings. The van der Waals surface area contributed by atoms with Crippen LogP contribution in [-0.2, 0) is 4.79 Å². The minimum atomic E-state index is -0.0972. The normalized spacial score (nSPS) is 57.2. The van der Waals surface area contributed by atoms with Gasteiger partial charge in [0.2, 0.25) is 0 Å². The summed E-state index contributed by atoms with van der Waals surface area (Å²) in [6.45, 7) is 4.79. The van der Waals surface area contributed by atoms with Crippen LogP contribution in [0.15, 0.2) is 11.6 Å². The summed E-state index contributed by atoms with van der Waals surface area (Å²) in [5.74, 6) is 6.70. The molecule has 26 heavy (non-hydrogen) atoms. The van der Waals surface area contributed by atoms with Crippen molar-refractivity contribution < 1.29 is 4.79 Å². The molecule has 0 spiro atoms. The molecule has 0 N–H and O–H groups in total. The van der Waals surface area contributed by atoms with Crippen LogP contribution in [0.4, 0.5) is 0 Å². The molecule has 2 nitrogen and oxygen atoms in total. The van der Waals surface area contributed by atoms with Crippen molar-refractivity contribution in [3.05, 3.63) is 11.6 Å². The highest BCUT2D eigenvalue weighted by Crippen LogP contribution is 2.79. The molecule has 5 saturated carbocycles. The number of carbonyl (C=O) groups is 1. The smallest absolute Gasteiger partial charge is 0.155 e. The van der Waals surface area contributed by atoms with Crippen LogP contribution in [0.25, 0.3) is 0 Å². The molecule has 0 heterocycles. The van der Waals surface area contributed by atoms with Crippen LogP contribution >= 0.6 is 0 Å². The minimum Gasteiger partial charge on any atom is -0.295 e. The van der Waals surface area contributed by atoms with Crippen molar-refractivity contribution >= 4 is 5.78 Å². The molecule has 0 unspecified atom stereocenters. The van der Waals surface area contributed by atoms with Crippen LogP contribution in [0, 0.1) is 69.5 Å². The fourth-order valence-corrected chi connectivity index (χ4v) is 8.83. The molecule has 9 atom stereocenters. The molecule has 0 aromatic carbocycles. The Hall–Kier alpha value is -1.10. The number of nitrogens with zero attached hydrogens (tertiary/aromatic N) is 1. The van der Waals surface area contributed by atoms with Gasteiger partial charge in [0, 0.05) is 6.42 Å². The highest BCUT2D eigenvalue weighted by molar-refractivity contribution is 5.91. The Morgan fingerprint density at radius 3 is 2.65 bits per heavy atom. The predicted octanol–water partition coefficient (Wildman–Crippen LogP) is 5.15. The third-order valence-corrected chi connectivity index (χ3v) is 10.3. The van der Waals surface area contributed by atoms with Crippen molar-refractivity contribution in [2.75, 3.05) is 0 Å². The van der Waals surface area contributed by atoms with E-state index in [9.17, 15) is 10.1 Å². The van der Waals surface area contributed by atoms with E-state index in [1.807, 2.05) is 0 Å². The summed E-state index contributed by atoms with van der Waals surface area (Å²) in [4.78, 5) is 12.1. The fourth-order valence-electron chi connectivity index (χ4n) is 8.83. The van der Waals surface area contributed by atoms with E-state index in [4.69, 9.17) is 0 Å². The van der Waals surface area contributed by atoms with Gasteiger partial charge in [-0.3, -0.25) is 4.79 Å². The van der Waals surface area contributed by atoms with Gasteiger partial charge < -0.3 is 0 Å². The van der Waals surface area contributed by atoms with Crippen LogP contribution in [0.2, 0.25) is 0 Å². The maximum Gasteiger partial charge on any atom is 0.155 e. The number of allylic oxidation sites excluding steroid dienone is 1. The topological polar surface area (TPSA) is 40.9 Å². The van der Waals surface area contributed by atoms with Crippen LogP contribution in [0.5, 0.6) is 0 Å². The number of ketones is 1. The van der Waals surface area contributed by atoms with Crippen molar-refractivity contribution in [1.29, 1.82) is 5.26 Å². The summed E-state index contributed by atoms with van der Waals surface area (Å²) < 4.78 is 0. The molecule has 6 aliphatic rings. The Balaban J connectivity index is 1.44. The van der Waals surface area contributed by atoms with Crippen LogP contribution < -0.4 is 0 Å². The molecule has 138 valence electrons. The molecule has 0 amide bonds. The van der Waals surface area contributed by atoms with E-state index < -0.39 is 0 Å². The van der Waals surface area contributed by atoms with E-state index in [1.54, 1.807) is 0 Å². The van der Waals surface area contributed by atoms with E-state index in [2.05, 4.69) is 26.0 Å². The zero-order valence-electron chi connectivity index (χ0n) is 16.2. The Morgan fingerprint density at radius 2 is 1.92 bits per heavy atom. The van der Waals surface area contributed by atoms with Gasteiger partial charge in [-0.2, -0.15) is 5.26 Å². The van der Waals surface area contributed by atoms with E-state index in [-0.39, 0.29) is 10.8 Å². The third-order valence-electron chi connectivity index (χ3n) is 10.3. The lowest BCUT2D eigenvalue weighted by Gasteiger charge is -2.59. The first-order valence-corrected chi connectivity index (χ1v) is 11.1. The third kappa shape index (κ3) is 1.76. The zero-order valence-corrected chi connectivity index (χ0v) is 16.2. The van der Waals surface area contributed by atoms with Crippen LogP contribution in [0.1, 0.15) is 65.2 Å². The molecule has 0 bridgehead atoms. The van der Waals surface area contributed by atoms with Gasteiger partial charge >= 0.3 is 0 Å². The number of carbonyl (C=O) groups excluding carboxylic acids is 1. The first kappa shape index (κ1) is 15.9. The van der Waals surface area contributed by atoms with Crippen molar-refractivity contribution in [2.45, 2.75) is 65.2 Å². The van der Waals surface area contributed by atoms with Crippen molar-refractivity contribution in [1.82, 2.24) is 0 Å². The second kappa shape index (κ2) is 4.84. The lowest BCUT2D eigenvalue weighted by molar-refractivity contribution is -0.117. The van der Waals surface area contributed by atoms with Gasteiger partial charge in [-0.25, -0.2) is 0 Å². The monoisotopic (exact) mass is 349 g/mol. The second-order valence-corrected chi connectivity index (χ2v) is 11.1. The van der Waals surface area contributed by atoms with Crippen molar-refractivity contribution in [3.63, 3.8) is 0 Å². The molecule has 0 saturated heterocycles. The van der Waals surface area contributed by atoms with Gasteiger partial charge in [0.15, 0.2) is 5.78 Å². The molecule has 2 heteroatoms. The molecule has 6 aliphatic carbocycles. The summed E-state index contributed by atoms with van der Waals surface area (Å²) in [6.07, 6.45) is 11.8. The standard InChI is InChI=1S/C24H31NO/c1-23-8-7-17-16-6-5-15(26)9-14(16)10-18(13-3-4-13)21(17)22(23)19-11-20(19)24(23,2)12-25/h9,13,16-22H,3-8,10-11H2,1-2H3/t16-,17+,18-,19+,20-,21-,22-,23-,24-/m0/s1. The maximum atomic E-state index is 12.1. The van der Waals surface area contributed by atoms with Crippen LogP contribution in [-0.4, -0.2) is 5.78 Å². The average Bonchev–Trinajstić information content (AvgIpc) is 3.52. The molecule has 6 rings (SSSR count). The van der Waals surface area contributed by atoms with E-state index in [0.29, 0.717) is 17.6 Å². The lowest BCUT2D eigenvalue weighted by atomic mass is 9.45. The van der Waals surface area contributed by atoms with Gasteiger partial charge in [-0.1, -0.05) is 12.5 Å². The molecule has 0 aliphatic heterocycles. The number of fused-ring (bicyclic) bond motifs is 7. The lowest BCUT2D eigenvalue weighted by Crippen LogP contribution is -2.53. The van der Waals surface area contributed by atoms with Gasteiger partial charge in [0.05, 0.1) is 11.5 Å². The molecular formula is C24H31NO. The van der Waals surface area contributed by atoms with Gasteiger partial charge in [-0.15, -0.1) is 0 Å². The van der Waals surface area contributed by atoms with E-state index in [1.165, 1.54) is 44.1 Å². The van der Waals surface area contributed by atoms with E-state index >= 15 is 0 Å². The maximum absolute atomic E-state index is 12.1. The largest absolute Gasteiger partial charge is 0.295 e. The first-order chi connectivity index (χ1) is 12.5. The minimum absolute atomic E-state index is 0.0972. The SMILES string of the molecule is C[C@]1(C#N)[C@H]2C[C@H]2[C@H]2[C@H]3[C@H](CC[C@@]21C)[C@H]1CCC(=O)C=C1C[C@H]3C1CC1. The molecule has 0 aromatic rings. The zero-order chi connectivity index (χ0) is 17.8. The second-order valence-electron chi connectivity index (χ2n) is 11.1. The predicted molar refractivity (Wildman–Crippen MR) is 99.8 cm³/mol. The number of rotatable bonds is 1. The van der Waals surface area contributed by atoms with Crippen molar-refractivity contribution in [3.8, 4) is 6.07 Å². The van der Waals surface area contributed by atoms with E-state index in [0.717, 1.165) is 48.3 Å². The van der Waals surface area contributed by atoms with Crippen molar-refractivity contribution in [2.24, 2.45) is 58.2 Å². The number of hydrogen-bond acceptors (Lipinski definition) is 2.